The molecule has 13 aromatic carbocycles. The van der Waals surface area contributed by atoms with Crippen LogP contribution in [0.2, 0.25) is 0 Å². The molecule has 16 aromatic rings. The molecule has 0 aliphatic rings. The van der Waals surface area contributed by atoms with Crippen LogP contribution in [0.15, 0.2) is 321 Å². The van der Waals surface area contributed by atoms with Gasteiger partial charge in [0.1, 0.15) is 5.82 Å². The van der Waals surface area contributed by atoms with Gasteiger partial charge in [-0.15, -0.1) is 29.7 Å². The number of hydrogen-bond donors (Lipinski definition) is 0. The average molecular weight is 1480 g/mol. The van der Waals surface area contributed by atoms with E-state index in [2.05, 4.69) is 18.5 Å². The molecule has 97 heavy (non-hydrogen) atoms. The second kappa shape index (κ2) is 26.0. The van der Waals surface area contributed by atoms with E-state index in [1.165, 1.54) is 42.5 Å². The van der Waals surface area contributed by atoms with Gasteiger partial charge in [0.15, 0.2) is 8.07 Å². The fourth-order valence-electron chi connectivity index (χ4n) is 12.0. The molecule has 5 nitrogen and oxygen atoms in total. The van der Waals surface area contributed by atoms with E-state index in [1.54, 1.807) is 18.3 Å². The van der Waals surface area contributed by atoms with E-state index in [0.29, 0.717) is 16.7 Å². The molecular weight excluding hydrogens is 1380 g/mol. The van der Waals surface area contributed by atoms with Crippen molar-refractivity contribution < 1.29 is 83.8 Å². The van der Waals surface area contributed by atoms with Gasteiger partial charge in [-0.25, -0.2) is 4.98 Å². The molecular formula is C90H68N4OPtSi-2. The molecule has 0 spiro atoms. The smallest absolute Gasteiger partial charge is 0.268 e. The number of hydrogen-bond acceptors (Lipinski definition) is 2. The summed E-state index contributed by atoms with van der Waals surface area (Å²) < 4.78 is 386. The van der Waals surface area contributed by atoms with E-state index in [-0.39, 0.29) is 54.7 Å². The number of rotatable bonds is 14. The summed E-state index contributed by atoms with van der Waals surface area (Å²) >= 11 is 0. The van der Waals surface area contributed by atoms with Crippen molar-refractivity contribution in [2.24, 2.45) is 0 Å². The van der Waals surface area contributed by atoms with Gasteiger partial charge in [-0.1, -0.05) is 262 Å². The number of imidazole rings is 1. The summed E-state index contributed by atoms with van der Waals surface area (Å²) in [5, 5.41) is -3.48. The van der Waals surface area contributed by atoms with Gasteiger partial charge < -0.3 is 13.9 Å². The Bertz CT molecular complexity index is 7450. The van der Waals surface area contributed by atoms with E-state index < -0.39 is 314 Å². The van der Waals surface area contributed by atoms with Crippen LogP contribution in [0.5, 0.6) is 11.5 Å². The summed E-state index contributed by atoms with van der Waals surface area (Å²) in [4.78, 5) is 4.80. The van der Waals surface area contributed by atoms with Crippen LogP contribution in [0, 0.1) is 32.2 Å². The van der Waals surface area contributed by atoms with Crippen molar-refractivity contribution in [3.63, 3.8) is 0 Å². The Labute approximate surface area is 638 Å². The number of aryl methyl sites for hydroxylation is 2. The number of fused-ring (bicyclic) bond motifs is 4. The summed E-state index contributed by atoms with van der Waals surface area (Å²) in [5.74, 6) is 0.377. The molecule has 0 fully saturated rings. The zero-order valence-electron chi connectivity index (χ0n) is 90.1. The number of aromatic nitrogens is 4. The Kier molecular flexibility index (Phi) is 8.60. The fourth-order valence-corrected chi connectivity index (χ4v) is 16.0. The Morgan fingerprint density at radius 2 is 1.04 bits per heavy atom. The van der Waals surface area contributed by atoms with Crippen molar-refractivity contribution in [3.8, 4) is 84.3 Å². The molecule has 0 bridgehead atoms. The molecule has 0 N–H and O–H groups in total. The van der Waals surface area contributed by atoms with Crippen LogP contribution in [0.4, 0.5) is 0 Å². The first kappa shape index (κ1) is 32.1. The zero-order valence-corrected chi connectivity index (χ0v) is 54.3. The molecule has 0 saturated carbocycles. The number of para-hydroxylation sites is 1. The van der Waals surface area contributed by atoms with Crippen molar-refractivity contribution in [2.45, 2.75) is 39.9 Å². The molecule has 0 aliphatic carbocycles. The first-order valence-electron chi connectivity index (χ1n) is 49.2. The summed E-state index contributed by atoms with van der Waals surface area (Å²) in [5.41, 5.74) is -10.7. The van der Waals surface area contributed by atoms with E-state index in [0.717, 1.165) is 49.9 Å². The fraction of sp³-hybridized carbons (Fsp3) is 0.0667. The van der Waals surface area contributed by atoms with Gasteiger partial charge in [-0.2, -0.15) is 18.2 Å². The molecule has 0 amide bonds. The second-order valence-corrected chi connectivity index (χ2v) is 26.5. The number of pyridine rings is 1. The zero-order chi connectivity index (χ0) is 98.6. The van der Waals surface area contributed by atoms with E-state index in [4.69, 9.17) is 27.5 Å². The van der Waals surface area contributed by atoms with Crippen LogP contribution in [0.25, 0.3) is 106 Å². The molecule has 3 aromatic heterocycles. The summed E-state index contributed by atoms with van der Waals surface area (Å²) in [7, 11) is -7.11. The van der Waals surface area contributed by atoms with Crippen molar-refractivity contribution in [1.29, 1.82) is 0 Å². The Hall–Kier alpha value is -11.0. The van der Waals surface area contributed by atoms with Crippen molar-refractivity contribution in [2.75, 3.05) is 0 Å². The van der Waals surface area contributed by atoms with Gasteiger partial charge in [-0.3, -0.25) is 4.57 Å². The molecule has 0 unspecified atom stereocenters. The third-order valence-corrected chi connectivity index (χ3v) is 20.5. The SMILES string of the molecule is [2H]c1c([2H])c([2H])c(-c2cc(-c3c([2H])c(-c4c([2H])c([2H])c([2H])c([2H])c4[2H])c([2H])c(-c4c([2H])c([2H])c([2H])c([2H])c4[2H])c3[2H])c(-[n+]3[c-]n(-c4[c-]c(Oc5[c-]c6c(cc5)c5ccccc5n6-c5cc(C(C)(C)C)ccn5)ccc4)c4cc(-c5c(C([2H])([2H])[2H])cccc5C([2H])([2H])[2H])ccc43)c([Si](c3c([2H])c([2H])c([2H])c([2H])c3[2H])(c3c([2H])c([2H])c([2H])c([2H])c3[2H])c3c([2H])c([2H])c([2H])c([2H])c3[2H])c2)c([2H])c1[2H].[Pt]. The number of nitrogens with zero attached hydrogens (tertiary/aromatic N) is 4. The molecule has 0 aliphatic heterocycles. The summed E-state index contributed by atoms with van der Waals surface area (Å²) in [6.45, 7) is -0.197. The summed E-state index contributed by atoms with van der Waals surface area (Å²) in [6.07, 6.45) is 4.88. The second-order valence-electron chi connectivity index (χ2n) is 23.0. The molecule has 3 heterocycles. The Morgan fingerprint density at radius 1 is 0.485 bits per heavy atom. The molecule has 0 radical (unpaired) electrons. The van der Waals surface area contributed by atoms with Gasteiger partial charge in [0, 0.05) is 52.5 Å². The van der Waals surface area contributed by atoms with Crippen molar-refractivity contribution in [1.82, 2.24) is 14.1 Å². The van der Waals surface area contributed by atoms with E-state index in [9.17, 15) is 35.6 Å². The monoisotopic (exact) mass is 1480 g/mol. The number of benzene rings is 13. The largest absolute Gasteiger partial charge is 0.510 e. The normalized spacial score (nSPS) is 17.6. The van der Waals surface area contributed by atoms with Gasteiger partial charge in [0.05, 0.1) is 62.0 Å². The number of ether oxygens (including phenoxy) is 1. The molecule has 0 atom stereocenters. The van der Waals surface area contributed by atoms with Crippen LogP contribution in [0.1, 0.15) is 90.9 Å². The maximum absolute atomic E-state index is 11.0. The standard InChI is InChI=1S/C90H68N4OSi.Pt/c1-62-28-26-29-63(2)88(62)67-46-49-83-85(56-67)92(73-36-27-37-74(59-73)95-75-47-48-80-79-44-24-25-45-82(79)94(84(80)60-75)87-58-72(50-51-91-87)90(3,4)5)61-93(83)89-81(71-53-68(64-30-12-6-13-31-64)52-69(54-71)65-32-14-7-15-33-65)55-70(66-34-16-8-17-35-66)57-86(89)96(76-38-18-9-19-39-76,77-40-20-10-21-41-77)78-42-22-11-23-43-78;/h6-58H,1-5H3;/q-2;/i1D3,2D3,6D,7D,8D,9D,10D,11D,12D,13D,14D,15D,16D,17D,18D,19D,20D,21D,22D,23D,30D,31D,32D,33D,34D,35D,38D,39D,40D,41D,42D,43D,52D,53D,54D;. The maximum Gasteiger partial charge on any atom is 0.268 e. The van der Waals surface area contributed by atoms with Crippen LogP contribution < -0.4 is 30.1 Å². The van der Waals surface area contributed by atoms with Crippen LogP contribution in [-0.2, 0) is 26.5 Å². The van der Waals surface area contributed by atoms with Crippen LogP contribution >= 0.6 is 0 Å². The van der Waals surface area contributed by atoms with Crippen LogP contribution in [0.3, 0.4) is 0 Å². The Morgan fingerprint density at radius 3 is 1.64 bits per heavy atom. The minimum absolute atomic E-state index is 0. The first-order valence-corrected chi connectivity index (χ1v) is 31.7. The molecule has 0 saturated heterocycles. The average Bonchev–Trinajstić information content (AvgIpc) is 0.834. The minimum atomic E-state index is -7.11. The van der Waals surface area contributed by atoms with E-state index >= 15 is 0 Å². The molecule has 7 heteroatoms. The van der Waals surface area contributed by atoms with Gasteiger partial charge in [0.2, 0.25) is 0 Å². The molecule has 16 rings (SSSR count). The molecule has 470 valence electrons. The van der Waals surface area contributed by atoms with Crippen molar-refractivity contribution in [3.05, 3.63) is 356 Å². The quantitative estimate of drug-likeness (QED) is 0.0471. The van der Waals surface area contributed by atoms with Crippen molar-refractivity contribution >= 4 is 61.7 Å². The topological polar surface area (TPSA) is 35.9 Å². The maximum atomic E-state index is 11.0. The van der Waals surface area contributed by atoms with Gasteiger partial charge >= 0.3 is 0 Å². The van der Waals surface area contributed by atoms with E-state index in [1.807, 2.05) is 61.7 Å². The third-order valence-electron chi connectivity index (χ3n) is 16.3. The minimum Gasteiger partial charge on any atom is -0.510 e. The predicted molar refractivity (Wildman–Crippen MR) is 399 cm³/mol. The van der Waals surface area contributed by atoms with Gasteiger partial charge in [-0.05, 0) is 172 Å². The Balaban J connectivity index is 0.0000141. The third kappa shape index (κ3) is 11.5. The van der Waals surface area contributed by atoms with Gasteiger partial charge in [0.25, 0.3) is 6.33 Å². The summed E-state index contributed by atoms with van der Waals surface area (Å²) in [6, 6.07) is -7.48. The van der Waals surface area contributed by atoms with Crippen LogP contribution in [-0.4, -0.2) is 22.2 Å². The predicted octanol–water partition coefficient (Wildman–Crippen LogP) is 19.2. The first-order chi connectivity index (χ1) is 63.2.